The highest BCUT2D eigenvalue weighted by atomic mass is 14.8. The van der Waals surface area contributed by atoms with E-state index in [1.807, 2.05) is 6.08 Å². The maximum Gasteiger partial charge on any atom is 0.0753 e. The standard InChI is InChI=1S/C18H13N/c1-2-12-11-17-15-9-4-3-7-13(15)14-8-5-6-10-16(14)18(17)19-12/h2-10H,1,11H2. The van der Waals surface area contributed by atoms with Crippen molar-refractivity contribution in [1.82, 2.24) is 0 Å². The van der Waals surface area contributed by atoms with Crippen LogP contribution in [-0.2, 0) is 6.42 Å². The van der Waals surface area contributed by atoms with Crippen molar-refractivity contribution in [3.05, 3.63) is 66.7 Å². The molecule has 1 heteroatoms. The average molecular weight is 243 g/mol. The maximum atomic E-state index is 4.75. The first kappa shape index (κ1) is 10.5. The second-order valence-corrected chi connectivity index (χ2v) is 4.90. The van der Waals surface area contributed by atoms with E-state index in [0.29, 0.717) is 0 Å². The molecule has 0 unspecified atom stereocenters. The molecule has 0 atom stereocenters. The van der Waals surface area contributed by atoms with Crippen LogP contribution in [-0.4, -0.2) is 5.71 Å². The van der Waals surface area contributed by atoms with Gasteiger partial charge in [-0.3, -0.25) is 4.99 Å². The minimum atomic E-state index is 0.893. The average Bonchev–Trinajstić information content (AvgIpc) is 2.92. The highest BCUT2D eigenvalue weighted by Gasteiger charge is 2.19. The molecule has 0 saturated heterocycles. The Balaban J connectivity index is 2.26. The molecule has 0 saturated carbocycles. The zero-order valence-electron chi connectivity index (χ0n) is 10.6. The van der Waals surface area contributed by atoms with Crippen molar-refractivity contribution < 1.29 is 0 Å². The Hall–Kier alpha value is -2.41. The van der Waals surface area contributed by atoms with Gasteiger partial charge in [0.2, 0.25) is 0 Å². The smallest absolute Gasteiger partial charge is 0.0753 e. The molecule has 1 aliphatic rings. The van der Waals surface area contributed by atoms with E-state index in [-0.39, 0.29) is 0 Å². The fourth-order valence-corrected chi connectivity index (χ4v) is 2.98. The fourth-order valence-electron chi connectivity index (χ4n) is 2.98. The molecule has 1 heterocycles. The molecule has 0 N–H and O–H groups in total. The van der Waals surface area contributed by atoms with Gasteiger partial charge in [0, 0.05) is 17.5 Å². The molecule has 1 aliphatic heterocycles. The second kappa shape index (κ2) is 3.79. The fraction of sp³-hybridized carbons (Fsp3) is 0.0556. The van der Waals surface area contributed by atoms with Gasteiger partial charge in [0.1, 0.15) is 0 Å². The quantitative estimate of drug-likeness (QED) is 0.544. The largest absolute Gasteiger partial charge is 0.252 e. The molecular formula is C18H13N. The topological polar surface area (TPSA) is 12.4 Å². The van der Waals surface area contributed by atoms with Crippen LogP contribution in [0.5, 0.6) is 0 Å². The molecule has 0 radical (unpaired) electrons. The van der Waals surface area contributed by atoms with Gasteiger partial charge in [-0.1, -0.05) is 55.1 Å². The number of nitrogens with zero attached hydrogens (tertiary/aromatic N) is 1. The number of rotatable bonds is 1. The first-order valence-electron chi connectivity index (χ1n) is 6.51. The normalized spacial score (nSPS) is 13.6. The van der Waals surface area contributed by atoms with E-state index in [9.17, 15) is 0 Å². The molecule has 3 aromatic rings. The summed E-state index contributed by atoms with van der Waals surface area (Å²) in [6, 6.07) is 17.1. The number of allylic oxidation sites excluding steroid dienone is 1. The van der Waals surface area contributed by atoms with Gasteiger partial charge in [-0.05, 0) is 27.8 Å². The number of hydrogen-bond donors (Lipinski definition) is 0. The van der Waals surface area contributed by atoms with E-state index < -0.39 is 0 Å². The highest BCUT2D eigenvalue weighted by molar-refractivity contribution is 6.19. The third kappa shape index (κ3) is 1.39. The molecule has 90 valence electrons. The van der Waals surface area contributed by atoms with Crippen LogP contribution in [0, 0.1) is 0 Å². The Morgan fingerprint density at radius 2 is 1.42 bits per heavy atom. The summed E-state index contributed by atoms with van der Waals surface area (Å²) in [4.78, 5) is 4.75. The molecular weight excluding hydrogens is 230 g/mol. The number of hydrogen-bond acceptors (Lipinski definition) is 1. The molecule has 0 spiro atoms. The van der Waals surface area contributed by atoms with Gasteiger partial charge in [0.25, 0.3) is 0 Å². The van der Waals surface area contributed by atoms with Crippen LogP contribution in [0.15, 0.2) is 66.2 Å². The van der Waals surface area contributed by atoms with Crippen molar-refractivity contribution in [2.75, 3.05) is 0 Å². The van der Waals surface area contributed by atoms with E-state index in [1.165, 1.54) is 27.1 Å². The highest BCUT2D eigenvalue weighted by Crippen LogP contribution is 2.41. The van der Waals surface area contributed by atoms with E-state index in [1.54, 1.807) is 0 Å². The first-order valence-corrected chi connectivity index (χ1v) is 6.51. The summed E-state index contributed by atoms with van der Waals surface area (Å²) < 4.78 is 0. The molecule has 4 rings (SSSR count). The van der Waals surface area contributed by atoms with Gasteiger partial charge in [0.15, 0.2) is 0 Å². The zero-order chi connectivity index (χ0) is 12.8. The summed E-state index contributed by atoms with van der Waals surface area (Å²) in [5.74, 6) is 0. The van der Waals surface area contributed by atoms with Crippen molar-refractivity contribution in [2.24, 2.45) is 4.99 Å². The predicted molar refractivity (Wildman–Crippen MR) is 82.5 cm³/mol. The van der Waals surface area contributed by atoms with Crippen molar-refractivity contribution in [2.45, 2.75) is 6.42 Å². The van der Waals surface area contributed by atoms with Crippen molar-refractivity contribution >= 4 is 32.9 Å². The SMILES string of the molecule is C=CC1=Nc2c(c3ccccc3c3ccccc23)C1. The monoisotopic (exact) mass is 243 g/mol. The molecule has 3 aromatic carbocycles. The zero-order valence-corrected chi connectivity index (χ0v) is 10.6. The Morgan fingerprint density at radius 3 is 2.11 bits per heavy atom. The second-order valence-electron chi connectivity index (χ2n) is 4.90. The molecule has 0 amide bonds. The summed E-state index contributed by atoms with van der Waals surface area (Å²) in [5, 5.41) is 5.16. The van der Waals surface area contributed by atoms with Crippen LogP contribution < -0.4 is 0 Å². The van der Waals surface area contributed by atoms with E-state index >= 15 is 0 Å². The molecule has 19 heavy (non-hydrogen) atoms. The van der Waals surface area contributed by atoms with Crippen LogP contribution in [0.4, 0.5) is 5.69 Å². The minimum Gasteiger partial charge on any atom is -0.252 e. The van der Waals surface area contributed by atoms with Gasteiger partial charge in [-0.15, -0.1) is 0 Å². The van der Waals surface area contributed by atoms with Gasteiger partial charge < -0.3 is 0 Å². The van der Waals surface area contributed by atoms with Gasteiger partial charge in [-0.25, -0.2) is 0 Å². The van der Waals surface area contributed by atoms with E-state index in [2.05, 4.69) is 55.1 Å². The molecule has 0 aliphatic carbocycles. The Kier molecular flexibility index (Phi) is 2.10. The Bertz CT molecular complexity index is 856. The lowest BCUT2D eigenvalue weighted by atomic mass is 9.94. The van der Waals surface area contributed by atoms with E-state index in [4.69, 9.17) is 4.99 Å². The minimum absolute atomic E-state index is 0.893. The molecule has 0 aromatic heterocycles. The Labute approximate surface area is 111 Å². The third-order valence-corrected chi connectivity index (χ3v) is 3.86. The van der Waals surface area contributed by atoms with Crippen LogP contribution in [0.1, 0.15) is 5.56 Å². The first-order chi connectivity index (χ1) is 9.38. The molecule has 0 bridgehead atoms. The van der Waals surface area contributed by atoms with E-state index in [0.717, 1.165) is 17.8 Å². The van der Waals surface area contributed by atoms with Gasteiger partial charge in [-0.2, -0.15) is 0 Å². The van der Waals surface area contributed by atoms with Gasteiger partial charge >= 0.3 is 0 Å². The summed E-state index contributed by atoms with van der Waals surface area (Å²) in [7, 11) is 0. The molecule has 0 fully saturated rings. The van der Waals surface area contributed by atoms with Crippen LogP contribution in [0.2, 0.25) is 0 Å². The summed E-state index contributed by atoms with van der Waals surface area (Å²) >= 11 is 0. The molecule has 1 nitrogen and oxygen atoms in total. The van der Waals surface area contributed by atoms with Crippen LogP contribution in [0.3, 0.4) is 0 Å². The lowest BCUT2D eigenvalue weighted by Crippen LogP contribution is -1.92. The summed E-state index contributed by atoms with van der Waals surface area (Å²) in [5.41, 5.74) is 3.53. The van der Waals surface area contributed by atoms with Gasteiger partial charge in [0.05, 0.1) is 5.69 Å². The van der Waals surface area contributed by atoms with Crippen molar-refractivity contribution in [3.63, 3.8) is 0 Å². The van der Waals surface area contributed by atoms with Crippen LogP contribution in [0.25, 0.3) is 21.5 Å². The van der Waals surface area contributed by atoms with Crippen LogP contribution >= 0.6 is 0 Å². The number of benzene rings is 3. The number of fused-ring (bicyclic) bond motifs is 6. The maximum absolute atomic E-state index is 4.75. The van der Waals surface area contributed by atoms with Crippen molar-refractivity contribution in [3.8, 4) is 0 Å². The Morgan fingerprint density at radius 1 is 0.842 bits per heavy atom. The number of aliphatic imine (C=N–C) groups is 1. The predicted octanol–water partition coefficient (Wildman–Crippen LogP) is 4.81. The lowest BCUT2D eigenvalue weighted by Gasteiger charge is -2.09. The van der Waals surface area contributed by atoms with Crippen molar-refractivity contribution in [1.29, 1.82) is 0 Å². The third-order valence-electron chi connectivity index (χ3n) is 3.86. The summed E-state index contributed by atoms with van der Waals surface area (Å²) in [6.45, 7) is 3.86. The summed E-state index contributed by atoms with van der Waals surface area (Å²) in [6.07, 6.45) is 2.76. The lowest BCUT2D eigenvalue weighted by molar-refractivity contribution is 1.45.